The molecule has 3 heterocycles. The van der Waals surface area contributed by atoms with Crippen molar-refractivity contribution in [1.82, 2.24) is 25.1 Å². The van der Waals surface area contributed by atoms with E-state index in [2.05, 4.69) is 38.6 Å². The summed E-state index contributed by atoms with van der Waals surface area (Å²) >= 11 is 6.53. The molecule has 1 amide bonds. The third-order valence-corrected chi connectivity index (χ3v) is 7.05. The lowest BCUT2D eigenvalue weighted by Crippen LogP contribution is -2.49. The molecule has 1 unspecified atom stereocenters. The van der Waals surface area contributed by atoms with Crippen molar-refractivity contribution in [2.45, 2.75) is 32.1 Å². The van der Waals surface area contributed by atoms with Crippen LogP contribution in [-0.2, 0) is 17.6 Å². The van der Waals surface area contributed by atoms with Crippen LogP contribution >= 0.6 is 11.6 Å². The number of anilines is 1. The van der Waals surface area contributed by atoms with Crippen molar-refractivity contribution in [1.29, 1.82) is 0 Å². The van der Waals surface area contributed by atoms with Gasteiger partial charge in [0.15, 0.2) is 0 Å². The fourth-order valence-electron chi connectivity index (χ4n) is 5.02. The molecule has 0 spiro atoms. The lowest BCUT2D eigenvalue weighted by Gasteiger charge is -2.37. The molecule has 0 saturated carbocycles. The molecule has 8 heteroatoms. The van der Waals surface area contributed by atoms with E-state index in [1.807, 2.05) is 17.2 Å². The summed E-state index contributed by atoms with van der Waals surface area (Å²) in [6.07, 6.45) is 7.77. The molecule has 5 rings (SSSR count). The molecule has 1 aliphatic heterocycles. The van der Waals surface area contributed by atoms with Crippen LogP contribution in [0.5, 0.6) is 0 Å². The number of nitrogens with zero attached hydrogens (tertiary/aromatic N) is 5. The maximum absolute atomic E-state index is 11.9. The lowest BCUT2D eigenvalue weighted by molar-refractivity contribution is -0.126. The first-order chi connectivity index (χ1) is 15.1. The zero-order chi connectivity index (χ0) is 21.5. The molecule has 31 heavy (non-hydrogen) atoms. The number of hydrogen-bond acceptors (Lipinski definition) is 5. The van der Waals surface area contributed by atoms with Crippen molar-refractivity contribution in [3.63, 3.8) is 0 Å². The van der Waals surface area contributed by atoms with Gasteiger partial charge in [-0.1, -0.05) is 18.2 Å². The number of amides is 1. The Hall–Kier alpha value is -2.93. The molecular formula is C23H25ClN6O. The first-order valence-corrected chi connectivity index (χ1v) is 11.1. The van der Waals surface area contributed by atoms with Gasteiger partial charge in [-0.2, -0.15) is 5.10 Å². The van der Waals surface area contributed by atoms with E-state index in [0.29, 0.717) is 19.0 Å². The highest BCUT2D eigenvalue weighted by molar-refractivity contribution is 6.32. The van der Waals surface area contributed by atoms with Crippen molar-refractivity contribution in [2.24, 2.45) is 0 Å². The number of carbonyl (C=O) groups excluding carboxylic acids is 1. The highest BCUT2D eigenvalue weighted by atomic mass is 35.5. The Morgan fingerprint density at radius 1 is 1.29 bits per heavy atom. The molecular weight excluding hydrogens is 412 g/mol. The molecule has 1 N–H and O–H groups in total. The SMILES string of the molecule is C=CC(=O)N1CCN(c2ncnc3c2CCC(c2c(C)c(Cl)cc4[nH]ncc24)C3)CC1. The Morgan fingerprint density at radius 2 is 2.10 bits per heavy atom. The van der Waals surface area contributed by atoms with Gasteiger partial charge in [-0.3, -0.25) is 9.89 Å². The van der Waals surface area contributed by atoms with Crippen molar-refractivity contribution < 1.29 is 4.79 Å². The summed E-state index contributed by atoms with van der Waals surface area (Å²) in [6, 6.07) is 1.95. The molecule has 1 aliphatic carbocycles. The number of carbonyl (C=O) groups is 1. The average Bonchev–Trinajstić information content (AvgIpc) is 3.26. The second-order valence-electron chi connectivity index (χ2n) is 8.31. The number of aromatic amines is 1. The topological polar surface area (TPSA) is 78.0 Å². The zero-order valence-corrected chi connectivity index (χ0v) is 18.3. The van der Waals surface area contributed by atoms with Crippen molar-refractivity contribution >= 4 is 34.2 Å². The summed E-state index contributed by atoms with van der Waals surface area (Å²) < 4.78 is 0. The van der Waals surface area contributed by atoms with Gasteiger partial charge in [0.2, 0.25) is 5.91 Å². The van der Waals surface area contributed by atoms with E-state index in [9.17, 15) is 4.79 Å². The molecule has 3 aromatic rings. The maximum Gasteiger partial charge on any atom is 0.246 e. The molecule has 1 fully saturated rings. The van der Waals surface area contributed by atoms with Crippen LogP contribution in [0, 0.1) is 6.92 Å². The second kappa shape index (κ2) is 7.96. The van der Waals surface area contributed by atoms with Gasteiger partial charge in [0.25, 0.3) is 0 Å². The van der Waals surface area contributed by atoms with Crippen LogP contribution in [-0.4, -0.2) is 57.2 Å². The van der Waals surface area contributed by atoms with Gasteiger partial charge >= 0.3 is 0 Å². The summed E-state index contributed by atoms with van der Waals surface area (Å²) in [6.45, 7) is 8.60. The van der Waals surface area contributed by atoms with Gasteiger partial charge in [0.05, 0.1) is 11.7 Å². The molecule has 1 saturated heterocycles. The Balaban J connectivity index is 1.42. The Bertz CT molecular complexity index is 1160. The minimum absolute atomic E-state index is 0.00494. The minimum Gasteiger partial charge on any atom is -0.353 e. The standard InChI is InChI=1S/C23H25ClN6O/c1-3-21(31)29-6-8-30(9-7-29)23-16-5-4-15(10-19(16)25-13-26-23)22-14(2)18(24)11-20-17(22)12-27-28-20/h3,11-13,15H,1,4-10H2,2H3,(H,27,28). The molecule has 2 aliphatic rings. The van der Waals surface area contributed by atoms with E-state index in [4.69, 9.17) is 11.6 Å². The molecule has 2 aromatic heterocycles. The Labute approximate surface area is 186 Å². The van der Waals surface area contributed by atoms with Crippen LogP contribution < -0.4 is 4.90 Å². The van der Waals surface area contributed by atoms with Crippen LogP contribution in [0.25, 0.3) is 10.9 Å². The number of fused-ring (bicyclic) bond motifs is 2. The largest absolute Gasteiger partial charge is 0.353 e. The summed E-state index contributed by atoms with van der Waals surface area (Å²) in [4.78, 5) is 25.3. The number of piperazine rings is 1. The number of benzene rings is 1. The van der Waals surface area contributed by atoms with Crippen LogP contribution in [0.4, 0.5) is 5.82 Å². The van der Waals surface area contributed by atoms with Gasteiger partial charge in [0, 0.05) is 47.8 Å². The smallest absolute Gasteiger partial charge is 0.246 e. The highest BCUT2D eigenvalue weighted by Crippen LogP contribution is 2.40. The molecule has 1 aromatic carbocycles. The summed E-state index contributed by atoms with van der Waals surface area (Å²) in [5, 5.41) is 9.20. The normalized spacial score (nSPS) is 18.8. The van der Waals surface area contributed by atoms with Gasteiger partial charge in [-0.25, -0.2) is 9.97 Å². The third-order valence-electron chi connectivity index (χ3n) is 6.66. The predicted octanol–water partition coefficient (Wildman–Crippen LogP) is 3.42. The van der Waals surface area contributed by atoms with Crippen molar-refractivity contribution in [3.05, 3.63) is 58.7 Å². The van der Waals surface area contributed by atoms with E-state index in [0.717, 1.165) is 65.4 Å². The number of hydrogen-bond donors (Lipinski definition) is 1. The predicted molar refractivity (Wildman–Crippen MR) is 122 cm³/mol. The summed E-state index contributed by atoms with van der Waals surface area (Å²) in [5.41, 5.74) is 5.74. The third kappa shape index (κ3) is 3.47. The van der Waals surface area contributed by atoms with E-state index >= 15 is 0 Å². The Morgan fingerprint density at radius 3 is 2.87 bits per heavy atom. The highest BCUT2D eigenvalue weighted by Gasteiger charge is 2.30. The molecule has 1 atom stereocenters. The number of H-pyrrole nitrogens is 1. The number of rotatable bonds is 3. The average molecular weight is 437 g/mol. The van der Waals surface area contributed by atoms with Gasteiger partial charge in [-0.05, 0) is 55.4 Å². The molecule has 0 radical (unpaired) electrons. The van der Waals surface area contributed by atoms with Crippen LogP contribution in [0.2, 0.25) is 5.02 Å². The number of nitrogens with one attached hydrogen (secondary N) is 1. The quantitative estimate of drug-likeness (QED) is 0.636. The maximum atomic E-state index is 11.9. The fraction of sp³-hybridized carbons (Fsp3) is 0.391. The number of aromatic nitrogens is 4. The minimum atomic E-state index is -0.00494. The fourth-order valence-corrected chi connectivity index (χ4v) is 5.23. The zero-order valence-electron chi connectivity index (χ0n) is 17.6. The van der Waals surface area contributed by atoms with Crippen molar-refractivity contribution in [2.75, 3.05) is 31.1 Å². The van der Waals surface area contributed by atoms with E-state index in [1.54, 1.807) is 6.33 Å². The van der Waals surface area contributed by atoms with E-state index in [-0.39, 0.29) is 5.91 Å². The summed E-state index contributed by atoms with van der Waals surface area (Å²) in [5.74, 6) is 1.36. The van der Waals surface area contributed by atoms with Gasteiger partial charge < -0.3 is 9.80 Å². The van der Waals surface area contributed by atoms with Gasteiger partial charge in [0.1, 0.15) is 12.1 Å². The Kier molecular flexibility index (Phi) is 5.14. The van der Waals surface area contributed by atoms with Crippen LogP contribution in [0.1, 0.15) is 34.7 Å². The molecule has 160 valence electrons. The van der Waals surface area contributed by atoms with E-state index < -0.39 is 0 Å². The summed E-state index contributed by atoms with van der Waals surface area (Å²) in [7, 11) is 0. The second-order valence-corrected chi connectivity index (χ2v) is 8.71. The van der Waals surface area contributed by atoms with E-state index in [1.165, 1.54) is 17.2 Å². The first kappa shape index (κ1) is 20.0. The molecule has 0 bridgehead atoms. The van der Waals surface area contributed by atoms with Crippen LogP contribution in [0.15, 0.2) is 31.2 Å². The monoisotopic (exact) mass is 436 g/mol. The number of halogens is 1. The molecule has 7 nitrogen and oxygen atoms in total. The first-order valence-electron chi connectivity index (χ1n) is 10.7. The van der Waals surface area contributed by atoms with Gasteiger partial charge in [-0.15, -0.1) is 0 Å². The van der Waals surface area contributed by atoms with Crippen molar-refractivity contribution in [3.8, 4) is 0 Å². The lowest BCUT2D eigenvalue weighted by atomic mass is 9.79. The van der Waals surface area contributed by atoms with Crippen LogP contribution in [0.3, 0.4) is 0 Å².